The second-order valence-corrected chi connectivity index (χ2v) is 7.46. The lowest BCUT2D eigenvalue weighted by atomic mass is 9.94. The van der Waals surface area contributed by atoms with Gasteiger partial charge in [0.05, 0.1) is 15.6 Å². The second kappa shape index (κ2) is 8.16. The van der Waals surface area contributed by atoms with Crippen LogP contribution in [0.3, 0.4) is 0 Å². The van der Waals surface area contributed by atoms with E-state index in [1.165, 1.54) is 10.8 Å². The molecule has 0 saturated heterocycles. The van der Waals surface area contributed by atoms with Gasteiger partial charge in [-0.15, -0.1) is 0 Å². The molecule has 1 aromatic heterocycles. The van der Waals surface area contributed by atoms with E-state index in [0.29, 0.717) is 26.9 Å². The summed E-state index contributed by atoms with van der Waals surface area (Å²) in [6.07, 6.45) is 6.11. The normalized spacial score (nSPS) is 15.2. The van der Waals surface area contributed by atoms with Crippen molar-refractivity contribution >= 4 is 35.1 Å². The maximum atomic E-state index is 12.8. The fraction of sp³-hybridized carbons (Fsp3) is 0.350. The number of para-hydroxylation sites is 1. The first-order valence-corrected chi connectivity index (χ1v) is 9.57. The summed E-state index contributed by atoms with van der Waals surface area (Å²) in [7, 11) is 0. The topological polar surface area (TPSA) is 78.4 Å². The van der Waals surface area contributed by atoms with Crippen molar-refractivity contribution in [3.05, 3.63) is 55.3 Å². The summed E-state index contributed by atoms with van der Waals surface area (Å²) in [5.74, 6) is -0.171. The first-order chi connectivity index (χ1) is 13.0. The van der Waals surface area contributed by atoms with Crippen molar-refractivity contribution in [2.24, 2.45) is 4.99 Å². The molecule has 0 spiro atoms. The summed E-state index contributed by atoms with van der Waals surface area (Å²) in [5, 5.41) is 21.1. The van der Waals surface area contributed by atoms with Crippen LogP contribution in [0.5, 0.6) is 5.88 Å². The molecular formula is C20H19Cl2N3O2. The Kier molecular flexibility index (Phi) is 5.88. The lowest BCUT2D eigenvalue weighted by Gasteiger charge is -2.26. The van der Waals surface area contributed by atoms with Gasteiger partial charge in [-0.3, -0.25) is 14.4 Å². The van der Waals surface area contributed by atoms with Gasteiger partial charge < -0.3 is 5.11 Å². The minimum absolute atomic E-state index is 0.0186. The molecule has 0 radical (unpaired) electrons. The standard InChI is InChI=1S/C20H19Cl2N3O2/c1-12-14(10-23)19(26)25(13-6-3-2-4-7-13)20(27)15(12)11-24-18-16(21)8-5-9-17(18)22/h5,8-9,11,13,27H,2-4,6-7H2,1H3. The summed E-state index contributed by atoms with van der Waals surface area (Å²) in [6, 6.07) is 6.90. The highest BCUT2D eigenvalue weighted by molar-refractivity contribution is 6.38. The van der Waals surface area contributed by atoms with Crippen LogP contribution in [-0.4, -0.2) is 15.9 Å². The first-order valence-electron chi connectivity index (χ1n) is 8.82. The molecular weight excluding hydrogens is 385 g/mol. The minimum Gasteiger partial charge on any atom is -0.494 e. The maximum absolute atomic E-state index is 12.8. The third-order valence-electron chi connectivity index (χ3n) is 4.99. The van der Waals surface area contributed by atoms with Gasteiger partial charge in [0.1, 0.15) is 17.3 Å². The number of aromatic nitrogens is 1. The number of halogens is 2. The zero-order valence-corrected chi connectivity index (χ0v) is 16.4. The third-order valence-corrected chi connectivity index (χ3v) is 5.60. The van der Waals surface area contributed by atoms with E-state index in [-0.39, 0.29) is 17.5 Å². The molecule has 1 aliphatic carbocycles. The van der Waals surface area contributed by atoms with Crippen LogP contribution in [0.2, 0.25) is 10.0 Å². The zero-order valence-electron chi connectivity index (χ0n) is 14.9. The quantitative estimate of drug-likeness (QED) is 0.706. The zero-order chi connectivity index (χ0) is 19.6. The average Bonchev–Trinajstić information content (AvgIpc) is 2.65. The molecule has 1 saturated carbocycles. The Bertz CT molecular complexity index is 980. The van der Waals surface area contributed by atoms with Gasteiger partial charge in [-0.1, -0.05) is 48.5 Å². The molecule has 1 N–H and O–H groups in total. The van der Waals surface area contributed by atoms with Gasteiger partial charge in [0.2, 0.25) is 5.88 Å². The van der Waals surface area contributed by atoms with Crippen LogP contribution in [0, 0.1) is 18.3 Å². The van der Waals surface area contributed by atoms with Crippen LogP contribution in [0.25, 0.3) is 0 Å². The number of aromatic hydroxyl groups is 1. The molecule has 140 valence electrons. The fourth-order valence-electron chi connectivity index (χ4n) is 3.51. The molecule has 0 unspecified atom stereocenters. The van der Waals surface area contributed by atoms with Crippen molar-refractivity contribution in [3.63, 3.8) is 0 Å². The molecule has 27 heavy (non-hydrogen) atoms. The lowest BCUT2D eigenvalue weighted by Crippen LogP contribution is -2.30. The second-order valence-electron chi connectivity index (χ2n) is 6.64. The molecule has 5 nitrogen and oxygen atoms in total. The highest BCUT2D eigenvalue weighted by Gasteiger charge is 2.24. The van der Waals surface area contributed by atoms with E-state index in [1.807, 2.05) is 6.07 Å². The number of hydrogen-bond acceptors (Lipinski definition) is 4. The van der Waals surface area contributed by atoms with E-state index in [2.05, 4.69) is 4.99 Å². The van der Waals surface area contributed by atoms with Gasteiger partial charge in [-0.05, 0) is 37.5 Å². The molecule has 1 heterocycles. The number of nitriles is 1. The maximum Gasteiger partial charge on any atom is 0.271 e. The molecule has 1 aliphatic rings. The number of hydrogen-bond donors (Lipinski definition) is 1. The molecule has 1 aromatic carbocycles. The molecule has 2 aromatic rings. The van der Waals surface area contributed by atoms with Crippen molar-refractivity contribution in [2.75, 3.05) is 0 Å². The summed E-state index contributed by atoms with van der Waals surface area (Å²) < 4.78 is 1.35. The van der Waals surface area contributed by atoms with Crippen LogP contribution in [0.15, 0.2) is 28.0 Å². The van der Waals surface area contributed by atoms with Crippen molar-refractivity contribution in [3.8, 4) is 11.9 Å². The Morgan fingerprint density at radius 3 is 2.48 bits per heavy atom. The predicted molar refractivity (Wildman–Crippen MR) is 108 cm³/mol. The van der Waals surface area contributed by atoms with Gasteiger partial charge in [-0.2, -0.15) is 5.26 Å². The Balaban J connectivity index is 2.16. The van der Waals surface area contributed by atoms with E-state index in [4.69, 9.17) is 23.2 Å². The summed E-state index contributed by atoms with van der Waals surface area (Å²) >= 11 is 12.3. The Morgan fingerprint density at radius 2 is 1.89 bits per heavy atom. The van der Waals surface area contributed by atoms with Gasteiger partial charge in [-0.25, -0.2) is 0 Å². The van der Waals surface area contributed by atoms with Crippen LogP contribution in [0.4, 0.5) is 5.69 Å². The molecule has 3 rings (SSSR count). The Hall–Kier alpha value is -2.29. The van der Waals surface area contributed by atoms with Gasteiger partial charge in [0.25, 0.3) is 5.56 Å². The average molecular weight is 404 g/mol. The highest BCUT2D eigenvalue weighted by Crippen LogP contribution is 2.34. The Labute approximate surface area is 167 Å². The van der Waals surface area contributed by atoms with E-state index in [0.717, 1.165) is 32.1 Å². The van der Waals surface area contributed by atoms with Crippen molar-refractivity contribution in [1.82, 2.24) is 4.57 Å². The molecule has 0 bridgehead atoms. The monoisotopic (exact) mass is 403 g/mol. The Morgan fingerprint density at radius 1 is 1.26 bits per heavy atom. The number of nitrogens with zero attached hydrogens (tertiary/aromatic N) is 3. The van der Waals surface area contributed by atoms with Gasteiger partial charge in [0.15, 0.2) is 0 Å². The lowest BCUT2D eigenvalue weighted by molar-refractivity contribution is 0.303. The molecule has 1 fully saturated rings. The summed E-state index contributed by atoms with van der Waals surface area (Å²) in [4.78, 5) is 17.1. The molecule has 0 aliphatic heterocycles. The fourth-order valence-corrected chi connectivity index (χ4v) is 4.01. The van der Waals surface area contributed by atoms with Crippen molar-refractivity contribution < 1.29 is 5.11 Å². The van der Waals surface area contributed by atoms with Gasteiger partial charge in [0, 0.05) is 12.3 Å². The third kappa shape index (κ3) is 3.73. The highest BCUT2D eigenvalue weighted by atomic mass is 35.5. The number of pyridine rings is 1. The van der Waals surface area contributed by atoms with Crippen LogP contribution in [0.1, 0.15) is 54.8 Å². The smallest absolute Gasteiger partial charge is 0.271 e. The molecule has 0 atom stereocenters. The predicted octanol–water partition coefficient (Wildman–Crippen LogP) is 5.30. The van der Waals surface area contributed by atoms with E-state index >= 15 is 0 Å². The summed E-state index contributed by atoms with van der Waals surface area (Å²) in [5.41, 5.74) is 0.651. The van der Waals surface area contributed by atoms with Crippen molar-refractivity contribution in [1.29, 1.82) is 5.26 Å². The van der Waals surface area contributed by atoms with Crippen LogP contribution in [-0.2, 0) is 0 Å². The largest absolute Gasteiger partial charge is 0.494 e. The van der Waals surface area contributed by atoms with Crippen LogP contribution < -0.4 is 5.56 Å². The van der Waals surface area contributed by atoms with Crippen LogP contribution >= 0.6 is 23.2 Å². The number of benzene rings is 1. The van der Waals surface area contributed by atoms with E-state index < -0.39 is 5.56 Å². The minimum atomic E-state index is -0.452. The molecule has 7 heteroatoms. The number of aliphatic imine (C=N–C) groups is 1. The van der Waals surface area contributed by atoms with E-state index in [1.54, 1.807) is 25.1 Å². The van der Waals surface area contributed by atoms with Crippen molar-refractivity contribution in [2.45, 2.75) is 45.1 Å². The SMILES string of the molecule is Cc1c(C=Nc2c(Cl)cccc2Cl)c(O)n(C2CCCCC2)c(=O)c1C#N. The van der Waals surface area contributed by atoms with Gasteiger partial charge >= 0.3 is 0 Å². The van der Waals surface area contributed by atoms with E-state index in [9.17, 15) is 15.2 Å². The molecule has 0 amide bonds. The first kappa shape index (κ1) is 19.5. The summed E-state index contributed by atoms with van der Waals surface area (Å²) in [6.45, 7) is 1.63. The number of rotatable bonds is 3.